The maximum absolute atomic E-state index is 12.6. The molecule has 0 saturated carbocycles. The molecule has 0 saturated heterocycles. The predicted octanol–water partition coefficient (Wildman–Crippen LogP) is 4.37. The topological polar surface area (TPSA) is 44.1 Å². The van der Waals surface area contributed by atoms with E-state index in [2.05, 4.69) is 5.10 Å². The molecular formula is C18H15ClN2O2. The van der Waals surface area contributed by atoms with Crippen LogP contribution in [0.25, 0.3) is 0 Å². The Bertz CT molecular complexity index is 797. The summed E-state index contributed by atoms with van der Waals surface area (Å²) in [5.41, 5.74) is 1.27. The van der Waals surface area contributed by atoms with Crippen molar-refractivity contribution in [2.45, 2.75) is 13.0 Å². The monoisotopic (exact) mass is 326 g/mol. The number of carbonyl (C=O) groups is 1. The molecule has 0 spiro atoms. The fourth-order valence-corrected chi connectivity index (χ4v) is 2.40. The van der Waals surface area contributed by atoms with Crippen molar-refractivity contribution < 1.29 is 9.53 Å². The second-order valence-electron chi connectivity index (χ2n) is 5.05. The first-order chi connectivity index (χ1) is 11.1. The minimum absolute atomic E-state index is 0.183. The van der Waals surface area contributed by atoms with Gasteiger partial charge in [-0.2, -0.15) is 9.78 Å². The van der Waals surface area contributed by atoms with Crippen molar-refractivity contribution in [1.29, 1.82) is 0 Å². The van der Waals surface area contributed by atoms with Crippen molar-refractivity contribution in [3.05, 3.63) is 83.1 Å². The molecule has 0 aliphatic carbocycles. The van der Waals surface area contributed by atoms with E-state index in [0.29, 0.717) is 22.0 Å². The largest absolute Gasteiger partial charge is 0.484 e. The molecule has 0 aliphatic heterocycles. The molecule has 23 heavy (non-hydrogen) atoms. The third-order valence-corrected chi connectivity index (χ3v) is 3.68. The number of rotatable bonds is 4. The number of halogens is 1. The minimum atomic E-state index is -0.327. The predicted molar refractivity (Wildman–Crippen MR) is 88.9 cm³/mol. The number of carbonyl (C=O) groups excluding carboxylic acids is 1. The Morgan fingerprint density at radius 2 is 1.78 bits per heavy atom. The van der Waals surface area contributed by atoms with E-state index in [0.717, 1.165) is 0 Å². The molecule has 1 aromatic heterocycles. The Morgan fingerprint density at radius 1 is 1.09 bits per heavy atom. The molecule has 0 unspecified atom stereocenters. The molecule has 0 amide bonds. The third-order valence-electron chi connectivity index (χ3n) is 3.43. The van der Waals surface area contributed by atoms with Gasteiger partial charge >= 0.3 is 0 Å². The van der Waals surface area contributed by atoms with Gasteiger partial charge in [0, 0.05) is 16.8 Å². The van der Waals surface area contributed by atoms with Crippen molar-refractivity contribution in [3.63, 3.8) is 0 Å². The van der Waals surface area contributed by atoms with Crippen molar-refractivity contribution in [2.24, 2.45) is 0 Å². The molecule has 0 N–H and O–H groups in total. The molecule has 3 aromatic rings. The fourth-order valence-electron chi connectivity index (χ4n) is 2.27. The summed E-state index contributed by atoms with van der Waals surface area (Å²) >= 11 is 5.87. The summed E-state index contributed by atoms with van der Waals surface area (Å²) in [4.78, 5) is 12.6. The molecule has 0 bridgehead atoms. The van der Waals surface area contributed by atoms with Gasteiger partial charge in [-0.1, -0.05) is 29.8 Å². The van der Waals surface area contributed by atoms with Crippen LogP contribution in [0.1, 0.15) is 29.1 Å². The lowest BCUT2D eigenvalue weighted by molar-refractivity contribution is 0.0928. The number of nitrogens with zero attached hydrogens (tertiary/aromatic N) is 2. The van der Waals surface area contributed by atoms with E-state index in [1.54, 1.807) is 48.7 Å². The van der Waals surface area contributed by atoms with Crippen LogP contribution in [0.15, 0.2) is 66.9 Å². The second-order valence-corrected chi connectivity index (χ2v) is 5.49. The third kappa shape index (κ3) is 3.43. The van der Waals surface area contributed by atoms with Gasteiger partial charge in [-0.15, -0.1) is 0 Å². The van der Waals surface area contributed by atoms with Crippen LogP contribution in [0.3, 0.4) is 0 Å². The van der Waals surface area contributed by atoms with Gasteiger partial charge in [0.15, 0.2) is 0 Å². The standard InChI is InChI=1S/C18H15ClN2O2/c1-13(23-16-9-7-15(19)8-10-16)17-11-12-20-21(17)18(22)14-5-3-2-4-6-14/h2-13H,1H3/t13-/m0/s1. The minimum Gasteiger partial charge on any atom is -0.484 e. The molecule has 0 fully saturated rings. The first kappa shape index (κ1) is 15.3. The molecule has 3 rings (SSSR count). The van der Waals surface area contributed by atoms with Crippen LogP contribution in [0.4, 0.5) is 0 Å². The van der Waals surface area contributed by atoms with Gasteiger partial charge in [0.05, 0.1) is 5.69 Å². The number of hydrogen-bond donors (Lipinski definition) is 0. The number of benzene rings is 2. The van der Waals surface area contributed by atoms with Gasteiger partial charge in [-0.05, 0) is 49.4 Å². The van der Waals surface area contributed by atoms with E-state index in [-0.39, 0.29) is 12.0 Å². The fraction of sp³-hybridized carbons (Fsp3) is 0.111. The number of hydrogen-bond acceptors (Lipinski definition) is 3. The molecular weight excluding hydrogens is 312 g/mol. The van der Waals surface area contributed by atoms with Gasteiger partial charge in [-0.3, -0.25) is 4.79 Å². The van der Waals surface area contributed by atoms with Gasteiger partial charge in [0.25, 0.3) is 5.91 Å². The summed E-state index contributed by atoms with van der Waals surface area (Å²) in [6, 6.07) is 17.9. The van der Waals surface area contributed by atoms with Crippen LogP contribution < -0.4 is 4.74 Å². The summed E-state index contributed by atoms with van der Waals surface area (Å²) in [6.07, 6.45) is 1.27. The Labute approximate surface area is 139 Å². The zero-order valence-electron chi connectivity index (χ0n) is 12.5. The van der Waals surface area contributed by atoms with Gasteiger partial charge in [0.2, 0.25) is 0 Å². The lowest BCUT2D eigenvalue weighted by atomic mass is 10.2. The number of ether oxygens (including phenoxy) is 1. The van der Waals surface area contributed by atoms with Crippen LogP contribution in [-0.4, -0.2) is 15.7 Å². The first-order valence-electron chi connectivity index (χ1n) is 7.21. The molecule has 116 valence electrons. The van der Waals surface area contributed by atoms with Crippen LogP contribution in [0.2, 0.25) is 5.02 Å². The van der Waals surface area contributed by atoms with Gasteiger partial charge in [0.1, 0.15) is 11.9 Å². The lowest BCUT2D eigenvalue weighted by Crippen LogP contribution is -2.19. The van der Waals surface area contributed by atoms with Crippen molar-refractivity contribution in [3.8, 4) is 5.75 Å². The van der Waals surface area contributed by atoms with Crippen LogP contribution in [0, 0.1) is 0 Å². The second kappa shape index (κ2) is 6.67. The Kier molecular flexibility index (Phi) is 4.44. The molecule has 5 heteroatoms. The quantitative estimate of drug-likeness (QED) is 0.715. The molecule has 2 aromatic carbocycles. The highest BCUT2D eigenvalue weighted by atomic mass is 35.5. The van der Waals surface area contributed by atoms with E-state index < -0.39 is 0 Å². The molecule has 0 aliphatic rings. The Hall–Kier alpha value is -2.59. The van der Waals surface area contributed by atoms with E-state index in [4.69, 9.17) is 16.3 Å². The Morgan fingerprint density at radius 3 is 2.48 bits per heavy atom. The van der Waals surface area contributed by atoms with E-state index >= 15 is 0 Å². The van der Waals surface area contributed by atoms with Crippen LogP contribution >= 0.6 is 11.6 Å². The van der Waals surface area contributed by atoms with E-state index in [9.17, 15) is 4.79 Å². The highest BCUT2D eigenvalue weighted by molar-refractivity contribution is 6.30. The summed E-state index contributed by atoms with van der Waals surface area (Å²) in [5, 5.41) is 4.78. The normalized spacial score (nSPS) is 11.9. The maximum atomic E-state index is 12.6. The average molecular weight is 327 g/mol. The number of aromatic nitrogens is 2. The van der Waals surface area contributed by atoms with Gasteiger partial charge < -0.3 is 4.74 Å². The lowest BCUT2D eigenvalue weighted by Gasteiger charge is -2.16. The van der Waals surface area contributed by atoms with Crippen molar-refractivity contribution in [2.75, 3.05) is 0 Å². The van der Waals surface area contributed by atoms with E-state index in [1.807, 2.05) is 25.1 Å². The average Bonchev–Trinajstić information content (AvgIpc) is 3.07. The van der Waals surface area contributed by atoms with Crippen molar-refractivity contribution >= 4 is 17.5 Å². The summed E-state index contributed by atoms with van der Waals surface area (Å²) in [5.74, 6) is 0.499. The highest BCUT2D eigenvalue weighted by Crippen LogP contribution is 2.23. The van der Waals surface area contributed by atoms with Crippen LogP contribution in [-0.2, 0) is 0 Å². The molecule has 4 nitrogen and oxygen atoms in total. The summed E-state index contributed by atoms with van der Waals surface area (Å²) in [6.45, 7) is 1.88. The van der Waals surface area contributed by atoms with Crippen LogP contribution in [0.5, 0.6) is 5.75 Å². The highest BCUT2D eigenvalue weighted by Gasteiger charge is 2.18. The molecule has 1 heterocycles. The maximum Gasteiger partial charge on any atom is 0.278 e. The molecule has 1 atom stereocenters. The van der Waals surface area contributed by atoms with Gasteiger partial charge in [-0.25, -0.2) is 0 Å². The molecule has 0 radical (unpaired) electrons. The first-order valence-corrected chi connectivity index (χ1v) is 7.59. The smallest absolute Gasteiger partial charge is 0.278 e. The Balaban J connectivity index is 1.82. The SMILES string of the molecule is C[C@H](Oc1ccc(Cl)cc1)c1ccnn1C(=O)c1ccccc1. The summed E-state index contributed by atoms with van der Waals surface area (Å²) in [7, 11) is 0. The van der Waals surface area contributed by atoms with E-state index in [1.165, 1.54) is 4.68 Å². The zero-order chi connectivity index (χ0) is 16.2. The van der Waals surface area contributed by atoms with Crippen molar-refractivity contribution in [1.82, 2.24) is 9.78 Å². The summed E-state index contributed by atoms with van der Waals surface area (Å²) < 4.78 is 7.24. The zero-order valence-corrected chi connectivity index (χ0v) is 13.3.